The van der Waals surface area contributed by atoms with E-state index in [1.807, 2.05) is 0 Å². The molecule has 0 radical (unpaired) electrons. The molecule has 2 rings (SSSR count). The number of rotatable bonds is 5. The van der Waals surface area contributed by atoms with Crippen LogP contribution in [0.2, 0.25) is 0 Å². The Bertz CT molecular complexity index is 648. The van der Waals surface area contributed by atoms with Gasteiger partial charge in [-0.05, 0) is 30.2 Å². The molecule has 0 bridgehead atoms. The quantitative estimate of drug-likeness (QED) is 0.921. The Balaban J connectivity index is 2.28. The molecule has 0 amide bonds. The van der Waals surface area contributed by atoms with Gasteiger partial charge in [-0.3, -0.25) is 4.57 Å². The molecule has 2 aromatic rings. The lowest BCUT2D eigenvalue weighted by Crippen LogP contribution is -2.19. The van der Waals surface area contributed by atoms with Gasteiger partial charge < -0.3 is 5.32 Å². The standard InChI is InChI=1S/C15H16F2N4/c1-10(2)8-19-9-11-5-12(16)15(13(17)6-11)21-4-3-20-14(21)7-18/h3-6,10,19H,8-9H2,1-2H3. The highest BCUT2D eigenvalue weighted by atomic mass is 19.1. The molecule has 1 aromatic heterocycles. The number of hydrogen-bond donors (Lipinski definition) is 1. The molecule has 21 heavy (non-hydrogen) atoms. The second kappa shape index (κ2) is 6.46. The highest BCUT2D eigenvalue weighted by Crippen LogP contribution is 2.21. The van der Waals surface area contributed by atoms with E-state index in [0.717, 1.165) is 11.1 Å². The lowest BCUT2D eigenvalue weighted by atomic mass is 10.1. The summed E-state index contributed by atoms with van der Waals surface area (Å²) in [5.74, 6) is -1.03. The molecule has 0 atom stereocenters. The molecule has 1 heterocycles. The van der Waals surface area contributed by atoms with Crippen LogP contribution >= 0.6 is 0 Å². The van der Waals surface area contributed by atoms with Crippen LogP contribution in [0.1, 0.15) is 25.2 Å². The maximum Gasteiger partial charge on any atom is 0.217 e. The SMILES string of the molecule is CC(C)CNCc1cc(F)c(-n2ccnc2C#N)c(F)c1. The summed E-state index contributed by atoms with van der Waals surface area (Å²) in [5.41, 5.74) is 0.240. The summed E-state index contributed by atoms with van der Waals surface area (Å²) in [6.07, 6.45) is 2.69. The van der Waals surface area contributed by atoms with Gasteiger partial charge in [-0.15, -0.1) is 0 Å². The molecule has 4 nitrogen and oxygen atoms in total. The zero-order valence-electron chi connectivity index (χ0n) is 11.9. The van der Waals surface area contributed by atoms with E-state index in [1.165, 1.54) is 24.5 Å². The van der Waals surface area contributed by atoms with Crippen molar-refractivity contribution in [2.75, 3.05) is 6.54 Å². The van der Waals surface area contributed by atoms with E-state index in [4.69, 9.17) is 5.26 Å². The van der Waals surface area contributed by atoms with E-state index in [0.29, 0.717) is 18.0 Å². The fourth-order valence-electron chi connectivity index (χ4n) is 2.02. The summed E-state index contributed by atoms with van der Waals surface area (Å²) in [6, 6.07) is 4.34. The van der Waals surface area contributed by atoms with Crippen molar-refractivity contribution in [2.24, 2.45) is 5.92 Å². The third kappa shape index (κ3) is 3.44. The van der Waals surface area contributed by atoms with Crippen molar-refractivity contribution in [3.8, 4) is 11.8 Å². The fourth-order valence-corrected chi connectivity index (χ4v) is 2.02. The zero-order chi connectivity index (χ0) is 15.4. The molecular weight excluding hydrogens is 274 g/mol. The molecule has 0 saturated carbocycles. The Kier molecular flexibility index (Phi) is 4.66. The molecule has 0 aliphatic rings. The Morgan fingerprint density at radius 1 is 1.33 bits per heavy atom. The van der Waals surface area contributed by atoms with E-state index in [-0.39, 0.29) is 11.5 Å². The fraction of sp³-hybridized carbons (Fsp3) is 0.333. The minimum absolute atomic E-state index is 0.0570. The van der Waals surface area contributed by atoms with Crippen LogP contribution in [0.5, 0.6) is 0 Å². The lowest BCUT2D eigenvalue weighted by molar-refractivity contribution is 0.540. The third-order valence-electron chi connectivity index (χ3n) is 2.94. The number of nitrogens with one attached hydrogen (secondary N) is 1. The van der Waals surface area contributed by atoms with E-state index in [1.54, 1.807) is 6.07 Å². The van der Waals surface area contributed by atoms with Crippen LogP contribution in [-0.4, -0.2) is 16.1 Å². The molecule has 0 aliphatic heterocycles. The predicted octanol–water partition coefficient (Wildman–Crippen LogP) is 2.77. The number of hydrogen-bond acceptors (Lipinski definition) is 3. The minimum atomic E-state index is -0.717. The zero-order valence-corrected chi connectivity index (χ0v) is 11.9. The minimum Gasteiger partial charge on any atom is -0.312 e. The van der Waals surface area contributed by atoms with Crippen LogP contribution in [0.25, 0.3) is 5.69 Å². The molecule has 0 fully saturated rings. The average molecular weight is 290 g/mol. The Morgan fingerprint density at radius 2 is 2.00 bits per heavy atom. The first-order chi connectivity index (χ1) is 10.0. The van der Waals surface area contributed by atoms with Gasteiger partial charge in [0.1, 0.15) is 11.8 Å². The first kappa shape index (κ1) is 15.1. The monoisotopic (exact) mass is 290 g/mol. The van der Waals surface area contributed by atoms with Crippen molar-refractivity contribution in [1.82, 2.24) is 14.9 Å². The highest BCUT2D eigenvalue weighted by Gasteiger charge is 2.16. The second-order valence-corrected chi connectivity index (χ2v) is 5.17. The van der Waals surface area contributed by atoms with Crippen LogP contribution in [0.4, 0.5) is 8.78 Å². The van der Waals surface area contributed by atoms with Crippen molar-refractivity contribution < 1.29 is 8.78 Å². The number of nitrogens with zero attached hydrogens (tertiary/aromatic N) is 3. The number of benzene rings is 1. The van der Waals surface area contributed by atoms with Crippen LogP contribution in [0, 0.1) is 28.9 Å². The summed E-state index contributed by atoms with van der Waals surface area (Å²) < 4.78 is 29.4. The van der Waals surface area contributed by atoms with Crippen molar-refractivity contribution in [3.05, 3.63) is 47.5 Å². The Labute approximate surface area is 122 Å². The van der Waals surface area contributed by atoms with Gasteiger partial charge in [0.2, 0.25) is 5.82 Å². The Morgan fingerprint density at radius 3 is 2.57 bits per heavy atom. The molecule has 1 N–H and O–H groups in total. The second-order valence-electron chi connectivity index (χ2n) is 5.17. The summed E-state index contributed by atoms with van der Waals surface area (Å²) in [7, 11) is 0. The molecular formula is C15H16F2N4. The first-order valence-corrected chi connectivity index (χ1v) is 6.65. The van der Waals surface area contributed by atoms with Crippen molar-refractivity contribution in [1.29, 1.82) is 5.26 Å². The van der Waals surface area contributed by atoms with E-state index in [9.17, 15) is 8.78 Å². The average Bonchev–Trinajstić information content (AvgIpc) is 2.85. The third-order valence-corrected chi connectivity index (χ3v) is 2.94. The normalized spacial score (nSPS) is 10.9. The lowest BCUT2D eigenvalue weighted by Gasteiger charge is -2.11. The highest BCUT2D eigenvalue weighted by molar-refractivity contribution is 5.41. The Hall–Kier alpha value is -2.26. The van der Waals surface area contributed by atoms with Crippen LogP contribution < -0.4 is 5.32 Å². The number of aromatic nitrogens is 2. The molecule has 6 heteroatoms. The topological polar surface area (TPSA) is 53.6 Å². The van der Waals surface area contributed by atoms with Crippen molar-refractivity contribution >= 4 is 0 Å². The summed E-state index contributed by atoms with van der Waals surface area (Å²) in [6.45, 7) is 5.27. The van der Waals surface area contributed by atoms with E-state index < -0.39 is 11.6 Å². The van der Waals surface area contributed by atoms with Crippen LogP contribution in [-0.2, 0) is 6.54 Å². The van der Waals surface area contributed by atoms with Gasteiger partial charge in [-0.2, -0.15) is 5.26 Å². The van der Waals surface area contributed by atoms with Gasteiger partial charge in [-0.25, -0.2) is 13.8 Å². The molecule has 110 valence electrons. The van der Waals surface area contributed by atoms with Gasteiger partial charge in [-0.1, -0.05) is 13.8 Å². The molecule has 0 aliphatic carbocycles. The molecule has 0 unspecified atom stereocenters. The molecule has 0 saturated heterocycles. The van der Waals surface area contributed by atoms with Gasteiger partial charge in [0.15, 0.2) is 11.6 Å². The number of imidazole rings is 1. The van der Waals surface area contributed by atoms with Crippen molar-refractivity contribution in [2.45, 2.75) is 20.4 Å². The summed E-state index contributed by atoms with van der Waals surface area (Å²) in [5, 5.41) is 12.0. The molecule has 0 spiro atoms. The van der Waals surface area contributed by atoms with E-state index in [2.05, 4.69) is 24.1 Å². The molecule has 1 aromatic carbocycles. The number of halogens is 2. The summed E-state index contributed by atoms with van der Waals surface area (Å²) in [4.78, 5) is 3.74. The van der Waals surface area contributed by atoms with Gasteiger partial charge in [0, 0.05) is 18.9 Å². The number of nitriles is 1. The maximum absolute atomic E-state index is 14.2. The smallest absolute Gasteiger partial charge is 0.217 e. The first-order valence-electron chi connectivity index (χ1n) is 6.65. The van der Waals surface area contributed by atoms with Gasteiger partial charge >= 0.3 is 0 Å². The maximum atomic E-state index is 14.2. The van der Waals surface area contributed by atoms with Gasteiger partial charge in [0.05, 0.1) is 0 Å². The van der Waals surface area contributed by atoms with Crippen molar-refractivity contribution in [3.63, 3.8) is 0 Å². The van der Waals surface area contributed by atoms with Crippen LogP contribution in [0.3, 0.4) is 0 Å². The largest absolute Gasteiger partial charge is 0.312 e. The van der Waals surface area contributed by atoms with Gasteiger partial charge in [0.25, 0.3) is 0 Å². The predicted molar refractivity (Wildman–Crippen MR) is 74.7 cm³/mol. The van der Waals surface area contributed by atoms with Crippen LogP contribution in [0.15, 0.2) is 24.5 Å². The van der Waals surface area contributed by atoms with E-state index >= 15 is 0 Å². The summed E-state index contributed by atoms with van der Waals surface area (Å²) >= 11 is 0.